The minimum Gasteiger partial charge on any atom is -0.454 e. The van der Waals surface area contributed by atoms with Crippen LogP contribution in [0.2, 0.25) is 0 Å². The van der Waals surface area contributed by atoms with Gasteiger partial charge in [0.25, 0.3) is 5.91 Å². The van der Waals surface area contributed by atoms with Crippen molar-refractivity contribution in [1.29, 1.82) is 0 Å². The van der Waals surface area contributed by atoms with Crippen LogP contribution in [0.15, 0.2) is 47.4 Å². The Morgan fingerprint density at radius 3 is 2.67 bits per heavy atom. The van der Waals surface area contributed by atoms with E-state index < -0.39 is 11.4 Å². The van der Waals surface area contributed by atoms with Gasteiger partial charge in [-0.25, -0.2) is 0 Å². The summed E-state index contributed by atoms with van der Waals surface area (Å²) in [6, 6.07) is 10.8. The first-order chi connectivity index (χ1) is 11.4. The Bertz CT molecular complexity index is 764. The Labute approximate surface area is 140 Å². The molecular formula is C16H12F3NO3S. The van der Waals surface area contributed by atoms with E-state index in [0.29, 0.717) is 11.5 Å². The van der Waals surface area contributed by atoms with Gasteiger partial charge < -0.3 is 14.8 Å². The summed E-state index contributed by atoms with van der Waals surface area (Å²) >= 11 is -0.304. The van der Waals surface area contributed by atoms with Crippen LogP contribution >= 0.6 is 11.8 Å². The van der Waals surface area contributed by atoms with Crippen LogP contribution in [0.3, 0.4) is 0 Å². The summed E-state index contributed by atoms with van der Waals surface area (Å²) in [6.45, 7) is 0.313. The van der Waals surface area contributed by atoms with E-state index in [0.717, 1.165) is 5.56 Å². The van der Waals surface area contributed by atoms with Crippen molar-refractivity contribution >= 4 is 17.7 Å². The maximum Gasteiger partial charge on any atom is 0.446 e. The second-order valence-corrected chi connectivity index (χ2v) is 6.02. The van der Waals surface area contributed by atoms with Crippen LogP contribution in [0.4, 0.5) is 13.2 Å². The standard InChI is InChI=1S/C16H12F3NO3S/c17-16(18,19)24-14-4-2-1-3-11(14)15(21)20-8-10-5-6-12-13(7-10)23-9-22-12/h1-7H,8-9H2,(H,20,21). The van der Waals surface area contributed by atoms with Crippen LogP contribution < -0.4 is 14.8 Å². The van der Waals surface area contributed by atoms with Crippen molar-refractivity contribution in [2.24, 2.45) is 0 Å². The third-order valence-electron chi connectivity index (χ3n) is 3.25. The monoisotopic (exact) mass is 355 g/mol. The van der Waals surface area contributed by atoms with Crippen LogP contribution in [0.1, 0.15) is 15.9 Å². The molecule has 2 aromatic carbocycles. The smallest absolute Gasteiger partial charge is 0.446 e. The molecule has 0 saturated heterocycles. The third-order valence-corrected chi connectivity index (χ3v) is 4.05. The number of carbonyl (C=O) groups is 1. The predicted octanol–water partition coefficient (Wildman–Crippen LogP) is 3.96. The van der Waals surface area contributed by atoms with Crippen LogP contribution in [-0.4, -0.2) is 18.2 Å². The number of alkyl halides is 3. The van der Waals surface area contributed by atoms with Crippen molar-refractivity contribution in [2.45, 2.75) is 16.9 Å². The normalized spacial score (nSPS) is 13.0. The number of carbonyl (C=O) groups excluding carboxylic acids is 1. The van der Waals surface area contributed by atoms with Crippen LogP contribution in [0.25, 0.3) is 0 Å². The van der Waals surface area contributed by atoms with E-state index in [4.69, 9.17) is 9.47 Å². The van der Waals surface area contributed by atoms with E-state index in [-0.39, 0.29) is 35.6 Å². The van der Waals surface area contributed by atoms with Gasteiger partial charge in [-0.1, -0.05) is 18.2 Å². The first-order valence-electron chi connectivity index (χ1n) is 6.94. The van der Waals surface area contributed by atoms with Gasteiger partial charge in [0.2, 0.25) is 6.79 Å². The molecule has 1 N–H and O–H groups in total. The highest BCUT2D eigenvalue weighted by atomic mass is 32.2. The van der Waals surface area contributed by atoms with Gasteiger partial charge in [0.15, 0.2) is 11.5 Å². The number of thioether (sulfide) groups is 1. The zero-order valence-corrected chi connectivity index (χ0v) is 13.0. The molecule has 0 unspecified atom stereocenters. The first-order valence-corrected chi connectivity index (χ1v) is 7.75. The van der Waals surface area contributed by atoms with Crippen molar-refractivity contribution in [2.75, 3.05) is 6.79 Å². The molecule has 0 aromatic heterocycles. The van der Waals surface area contributed by atoms with Gasteiger partial charge in [-0.15, -0.1) is 0 Å². The van der Waals surface area contributed by atoms with Crippen molar-refractivity contribution < 1.29 is 27.4 Å². The SMILES string of the molecule is O=C(NCc1ccc2c(c1)OCO2)c1ccccc1SC(F)(F)F. The molecule has 1 aliphatic rings. The first kappa shape index (κ1) is 16.5. The lowest BCUT2D eigenvalue weighted by molar-refractivity contribution is -0.0328. The van der Waals surface area contributed by atoms with E-state index in [1.807, 2.05) is 0 Å². The molecular weight excluding hydrogens is 343 g/mol. The van der Waals surface area contributed by atoms with Gasteiger partial charge in [0.05, 0.1) is 5.56 Å². The van der Waals surface area contributed by atoms with Gasteiger partial charge >= 0.3 is 5.51 Å². The minimum atomic E-state index is -4.45. The molecule has 1 aliphatic heterocycles. The van der Waals surface area contributed by atoms with Gasteiger partial charge in [-0.2, -0.15) is 13.2 Å². The quantitative estimate of drug-likeness (QED) is 0.844. The minimum absolute atomic E-state index is 0.0134. The Balaban J connectivity index is 1.69. The lowest BCUT2D eigenvalue weighted by Crippen LogP contribution is -2.23. The number of halogens is 3. The molecule has 0 atom stereocenters. The fraction of sp³-hybridized carbons (Fsp3) is 0.188. The van der Waals surface area contributed by atoms with Gasteiger partial charge in [0.1, 0.15) is 0 Å². The van der Waals surface area contributed by atoms with E-state index in [9.17, 15) is 18.0 Å². The fourth-order valence-electron chi connectivity index (χ4n) is 2.20. The lowest BCUT2D eigenvalue weighted by atomic mass is 10.1. The average molecular weight is 355 g/mol. The zero-order valence-electron chi connectivity index (χ0n) is 12.2. The van der Waals surface area contributed by atoms with Crippen molar-refractivity contribution in [3.05, 3.63) is 53.6 Å². The molecule has 0 spiro atoms. The van der Waals surface area contributed by atoms with Gasteiger partial charge in [-0.05, 0) is 41.6 Å². The molecule has 0 aliphatic carbocycles. The summed E-state index contributed by atoms with van der Waals surface area (Å²) in [6.07, 6.45) is 0. The van der Waals surface area contributed by atoms with Gasteiger partial charge in [-0.3, -0.25) is 4.79 Å². The van der Waals surface area contributed by atoms with Gasteiger partial charge in [0, 0.05) is 11.4 Å². The molecule has 4 nitrogen and oxygen atoms in total. The molecule has 2 aromatic rings. The number of nitrogens with one attached hydrogen (secondary N) is 1. The van der Waals surface area contributed by atoms with Crippen molar-refractivity contribution in [1.82, 2.24) is 5.32 Å². The molecule has 0 radical (unpaired) electrons. The Morgan fingerprint density at radius 2 is 1.88 bits per heavy atom. The number of hydrogen-bond acceptors (Lipinski definition) is 4. The molecule has 0 saturated carbocycles. The second-order valence-electron chi connectivity index (χ2n) is 4.91. The largest absolute Gasteiger partial charge is 0.454 e. The summed E-state index contributed by atoms with van der Waals surface area (Å²) in [5.74, 6) is 0.631. The summed E-state index contributed by atoms with van der Waals surface area (Å²) < 4.78 is 48.1. The number of rotatable bonds is 4. The van der Waals surface area contributed by atoms with E-state index >= 15 is 0 Å². The number of amides is 1. The second kappa shape index (κ2) is 6.64. The molecule has 3 rings (SSSR count). The molecule has 1 heterocycles. The van der Waals surface area contributed by atoms with E-state index in [1.165, 1.54) is 24.3 Å². The fourth-order valence-corrected chi connectivity index (χ4v) is 2.86. The topological polar surface area (TPSA) is 47.6 Å². The summed E-state index contributed by atoms with van der Waals surface area (Å²) in [7, 11) is 0. The number of ether oxygens (including phenoxy) is 2. The highest BCUT2D eigenvalue weighted by molar-refractivity contribution is 8.00. The summed E-state index contributed by atoms with van der Waals surface area (Å²) in [5.41, 5.74) is -3.71. The number of hydrogen-bond donors (Lipinski definition) is 1. The van der Waals surface area contributed by atoms with Crippen molar-refractivity contribution in [3.63, 3.8) is 0 Å². The Hall–Kier alpha value is -2.35. The molecule has 0 fully saturated rings. The highest BCUT2D eigenvalue weighted by Gasteiger charge is 2.31. The number of fused-ring (bicyclic) bond motifs is 1. The number of benzene rings is 2. The summed E-state index contributed by atoms with van der Waals surface area (Å²) in [5, 5.41) is 2.62. The van der Waals surface area contributed by atoms with Crippen LogP contribution in [0, 0.1) is 0 Å². The predicted molar refractivity (Wildman–Crippen MR) is 82.1 cm³/mol. The highest BCUT2D eigenvalue weighted by Crippen LogP contribution is 2.38. The maximum atomic E-state index is 12.6. The summed E-state index contributed by atoms with van der Waals surface area (Å²) in [4.78, 5) is 12.1. The Kier molecular flexibility index (Phi) is 4.57. The van der Waals surface area contributed by atoms with E-state index in [2.05, 4.69) is 5.32 Å². The molecule has 1 amide bonds. The molecule has 0 bridgehead atoms. The molecule has 24 heavy (non-hydrogen) atoms. The van der Waals surface area contributed by atoms with Crippen LogP contribution in [-0.2, 0) is 6.54 Å². The lowest BCUT2D eigenvalue weighted by Gasteiger charge is -2.11. The van der Waals surface area contributed by atoms with Crippen molar-refractivity contribution in [3.8, 4) is 11.5 Å². The molecule has 126 valence electrons. The van der Waals surface area contributed by atoms with Crippen LogP contribution in [0.5, 0.6) is 11.5 Å². The molecule has 8 heteroatoms. The Morgan fingerprint density at radius 1 is 1.12 bits per heavy atom. The average Bonchev–Trinajstić information content (AvgIpc) is 2.99. The van der Waals surface area contributed by atoms with E-state index in [1.54, 1.807) is 18.2 Å². The third kappa shape index (κ3) is 3.94. The zero-order chi connectivity index (χ0) is 17.2. The maximum absolute atomic E-state index is 12.6.